The first-order valence-electron chi connectivity index (χ1n) is 5.89. The van der Waals surface area contributed by atoms with Gasteiger partial charge < -0.3 is 10.5 Å². The third kappa shape index (κ3) is 2.62. The molecule has 1 saturated carbocycles. The van der Waals surface area contributed by atoms with E-state index >= 15 is 0 Å². The van der Waals surface area contributed by atoms with E-state index in [4.69, 9.17) is 10.5 Å². The molecule has 3 atom stereocenters. The second kappa shape index (κ2) is 4.68. The van der Waals surface area contributed by atoms with Gasteiger partial charge in [0.1, 0.15) is 11.9 Å². The Labute approximate surface area is 96.2 Å². The molecule has 1 aliphatic rings. The van der Waals surface area contributed by atoms with Gasteiger partial charge in [0.2, 0.25) is 5.88 Å². The fourth-order valence-corrected chi connectivity index (χ4v) is 2.16. The van der Waals surface area contributed by atoms with E-state index in [2.05, 4.69) is 23.8 Å². The van der Waals surface area contributed by atoms with Gasteiger partial charge in [-0.1, -0.05) is 13.8 Å². The summed E-state index contributed by atoms with van der Waals surface area (Å²) >= 11 is 0. The Bertz CT molecular complexity index is 339. The molecule has 1 aromatic rings. The quantitative estimate of drug-likeness (QED) is 0.832. The first-order valence-corrected chi connectivity index (χ1v) is 5.89. The van der Waals surface area contributed by atoms with Gasteiger partial charge >= 0.3 is 0 Å². The molecule has 1 aromatic heterocycles. The Morgan fingerprint density at radius 1 is 1.19 bits per heavy atom. The molecule has 0 aromatic carbocycles. The van der Waals surface area contributed by atoms with Crippen LogP contribution >= 0.6 is 0 Å². The standard InChI is InChI=1S/C12H19N3O/c1-8-3-4-10(5-9(8)2)16-12-7-14-11(13)6-15-12/h6-10H,3-5H2,1-2H3,(H2,13,14). The van der Waals surface area contributed by atoms with Crippen LogP contribution in [0.3, 0.4) is 0 Å². The SMILES string of the molecule is CC1CCC(Oc2cnc(N)cn2)CC1C. The maximum absolute atomic E-state index is 5.80. The largest absolute Gasteiger partial charge is 0.473 e. The van der Waals surface area contributed by atoms with Crippen molar-refractivity contribution in [2.45, 2.75) is 39.2 Å². The lowest BCUT2D eigenvalue weighted by molar-refractivity contribution is 0.0961. The van der Waals surface area contributed by atoms with E-state index < -0.39 is 0 Å². The highest BCUT2D eigenvalue weighted by Crippen LogP contribution is 2.31. The number of aromatic nitrogens is 2. The van der Waals surface area contributed by atoms with Crippen molar-refractivity contribution in [3.05, 3.63) is 12.4 Å². The van der Waals surface area contributed by atoms with Gasteiger partial charge in [0, 0.05) is 0 Å². The Hall–Kier alpha value is -1.32. The minimum Gasteiger partial charge on any atom is -0.473 e. The molecule has 2 N–H and O–H groups in total. The molecule has 4 heteroatoms. The number of hydrogen-bond donors (Lipinski definition) is 1. The Kier molecular flexibility index (Phi) is 3.27. The molecule has 88 valence electrons. The van der Waals surface area contributed by atoms with Crippen LogP contribution in [-0.4, -0.2) is 16.1 Å². The zero-order valence-electron chi connectivity index (χ0n) is 9.89. The minimum atomic E-state index is 0.282. The van der Waals surface area contributed by atoms with E-state index in [9.17, 15) is 0 Å². The third-order valence-corrected chi connectivity index (χ3v) is 3.49. The van der Waals surface area contributed by atoms with Crippen LogP contribution in [0.5, 0.6) is 5.88 Å². The van der Waals surface area contributed by atoms with Crippen LogP contribution in [0.25, 0.3) is 0 Å². The zero-order valence-corrected chi connectivity index (χ0v) is 9.89. The molecule has 2 rings (SSSR count). The van der Waals surface area contributed by atoms with Crippen LogP contribution in [0.2, 0.25) is 0 Å². The number of rotatable bonds is 2. The van der Waals surface area contributed by atoms with Crippen molar-refractivity contribution in [3.8, 4) is 5.88 Å². The number of nitrogens with two attached hydrogens (primary N) is 1. The summed E-state index contributed by atoms with van der Waals surface area (Å²) in [6.07, 6.45) is 6.85. The van der Waals surface area contributed by atoms with Crippen LogP contribution in [0.1, 0.15) is 33.1 Å². The number of ether oxygens (including phenoxy) is 1. The second-order valence-electron chi connectivity index (χ2n) is 4.79. The molecule has 0 spiro atoms. The van der Waals surface area contributed by atoms with Crippen LogP contribution in [0.4, 0.5) is 5.82 Å². The Balaban J connectivity index is 1.93. The lowest BCUT2D eigenvalue weighted by Crippen LogP contribution is -2.29. The normalized spacial score (nSPS) is 30.0. The van der Waals surface area contributed by atoms with Gasteiger partial charge in [0.05, 0.1) is 12.4 Å². The number of anilines is 1. The molecule has 0 amide bonds. The molecule has 0 radical (unpaired) electrons. The van der Waals surface area contributed by atoms with E-state index in [1.807, 2.05) is 0 Å². The van der Waals surface area contributed by atoms with E-state index in [0.717, 1.165) is 24.7 Å². The summed E-state index contributed by atoms with van der Waals surface area (Å²) in [7, 11) is 0. The predicted octanol–water partition coefficient (Wildman–Crippen LogP) is 2.26. The van der Waals surface area contributed by atoms with Gasteiger partial charge in [-0.25, -0.2) is 9.97 Å². The topological polar surface area (TPSA) is 61.0 Å². The first kappa shape index (κ1) is 11.2. The molecule has 1 heterocycles. The highest BCUT2D eigenvalue weighted by Gasteiger charge is 2.25. The molecule has 0 bridgehead atoms. The van der Waals surface area contributed by atoms with Gasteiger partial charge in [-0.15, -0.1) is 0 Å². The highest BCUT2D eigenvalue weighted by atomic mass is 16.5. The summed E-state index contributed by atoms with van der Waals surface area (Å²) in [5.41, 5.74) is 5.47. The molecule has 16 heavy (non-hydrogen) atoms. The van der Waals surface area contributed by atoms with Crippen LogP contribution in [-0.2, 0) is 0 Å². The van der Waals surface area contributed by atoms with Crippen molar-refractivity contribution < 1.29 is 4.74 Å². The summed E-state index contributed by atoms with van der Waals surface area (Å²) in [4.78, 5) is 8.08. The minimum absolute atomic E-state index is 0.282. The van der Waals surface area contributed by atoms with Gasteiger partial charge in [-0.05, 0) is 31.1 Å². The Morgan fingerprint density at radius 2 is 2.00 bits per heavy atom. The second-order valence-corrected chi connectivity index (χ2v) is 4.79. The lowest BCUT2D eigenvalue weighted by atomic mass is 9.80. The van der Waals surface area contributed by atoms with Crippen LogP contribution < -0.4 is 10.5 Å². The first-order chi connectivity index (χ1) is 7.65. The summed E-state index contributed by atoms with van der Waals surface area (Å²) in [5.74, 6) is 2.54. The van der Waals surface area contributed by atoms with E-state index in [1.165, 1.54) is 12.6 Å². The average Bonchev–Trinajstić information content (AvgIpc) is 2.27. The maximum atomic E-state index is 5.80. The van der Waals surface area contributed by atoms with Crippen molar-refractivity contribution in [3.63, 3.8) is 0 Å². The molecule has 0 saturated heterocycles. The average molecular weight is 221 g/mol. The highest BCUT2D eigenvalue weighted by molar-refractivity contribution is 5.24. The van der Waals surface area contributed by atoms with Gasteiger partial charge in [-0.3, -0.25) is 0 Å². The zero-order chi connectivity index (χ0) is 11.5. The van der Waals surface area contributed by atoms with Gasteiger partial charge in [0.25, 0.3) is 0 Å². The summed E-state index contributed by atoms with van der Waals surface area (Å²) in [6, 6.07) is 0. The fourth-order valence-electron chi connectivity index (χ4n) is 2.16. The molecule has 3 unspecified atom stereocenters. The van der Waals surface area contributed by atoms with Crippen molar-refractivity contribution in [1.82, 2.24) is 9.97 Å². The molecule has 0 aliphatic heterocycles. The fraction of sp³-hybridized carbons (Fsp3) is 0.667. The molecular weight excluding hydrogens is 202 g/mol. The monoisotopic (exact) mass is 221 g/mol. The van der Waals surface area contributed by atoms with Crippen molar-refractivity contribution in [2.75, 3.05) is 5.73 Å². The van der Waals surface area contributed by atoms with Gasteiger partial charge in [-0.2, -0.15) is 0 Å². The number of hydrogen-bond acceptors (Lipinski definition) is 4. The van der Waals surface area contributed by atoms with E-state index in [0.29, 0.717) is 11.7 Å². The van der Waals surface area contributed by atoms with Gasteiger partial charge in [0.15, 0.2) is 0 Å². The third-order valence-electron chi connectivity index (χ3n) is 3.49. The molecular formula is C12H19N3O. The lowest BCUT2D eigenvalue weighted by Gasteiger charge is -2.31. The maximum Gasteiger partial charge on any atom is 0.232 e. The summed E-state index contributed by atoms with van der Waals surface area (Å²) < 4.78 is 5.80. The van der Waals surface area contributed by atoms with Crippen molar-refractivity contribution >= 4 is 5.82 Å². The van der Waals surface area contributed by atoms with Crippen molar-refractivity contribution in [1.29, 1.82) is 0 Å². The number of nitrogens with zero attached hydrogens (tertiary/aromatic N) is 2. The smallest absolute Gasteiger partial charge is 0.232 e. The predicted molar refractivity (Wildman–Crippen MR) is 63.0 cm³/mol. The van der Waals surface area contributed by atoms with Crippen LogP contribution in [0, 0.1) is 11.8 Å². The van der Waals surface area contributed by atoms with E-state index in [-0.39, 0.29) is 6.10 Å². The van der Waals surface area contributed by atoms with Crippen molar-refractivity contribution in [2.24, 2.45) is 11.8 Å². The van der Waals surface area contributed by atoms with Crippen LogP contribution in [0.15, 0.2) is 12.4 Å². The van der Waals surface area contributed by atoms with E-state index in [1.54, 1.807) is 6.20 Å². The number of nitrogen functional groups attached to an aromatic ring is 1. The molecule has 1 fully saturated rings. The molecule has 1 aliphatic carbocycles. The molecule has 4 nitrogen and oxygen atoms in total. The Morgan fingerprint density at radius 3 is 2.62 bits per heavy atom. The summed E-state index contributed by atoms with van der Waals surface area (Å²) in [6.45, 7) is 4.60. The summed E-state index contributed by atoms with van der Waals surface area (Å²) in [5, 5.41) is 0.